The molecular formula is C21H19F3N4O5. The van der Waals surface area contributed by atoms with Crippen LogP contribution in [0.15, 0.2) is 41.5 Å². The zero-order valence-corrected chi connectivity index (χ0v) is 17.7. The molecule has 174 valence electrons. The number of rotatable bonds is 7. The number of ether oxygens (including phenoxy) is 2. The Bertz CT molecular complexity index is 1230. The van der Waals surface area contributed by atoms with E-state index in [0.29, 0.717) is 11.3 Å². The fraction of sp³-hybridized carbons (Fsp3) is 0.238. The summed E-state index contributed by atoms with van der Waals surface area (Å²) >= 11 is 0. The summed E-state index contributed by atoms with van der Waals surface area (Å²) in [7, 11) is 1.21. The van der Waals surface area contributed by atoms with Crippen molar-refractivity contribution < 1.29 is 32.5 Å². The van der Waals surface area contributed by atoms with Gasteiger partial charge in [-0.3, -0.25) is 9.36 Å². The lowest BCUT2D eigenvalue weighted by atomic mass is 10.2. The van der Waals surface area contributed by atoms with Crippen LogP contribution in [-0.2, 0) is 11.0 Å². The van der Waals surface area contributed by atoms with Gasteiger partial charge in [0.15, 0.2) is 12.4 Å². The van der Waals surface area contributed by atoms with Crippen LogP contribution in [0.4, 0.5) is 24.7 Å². The molecule has 3 aromatic rings. The largest absolute Gasteiger partial charge is 0.495 e. The van der Waals surface area contributed by atoms with Crippen molar-refractivity contribution in [1.29, 1.82) is 0 Å². The first kappa shape index (κ1) is 23.6. The first-order valence-corrected chi connectivity index (χ1v) is 9.44. The number of anilines is 2. The number of carboxylic acid groups (broad SMARTS) is 1. The van der Waals surface area contributed by atoms with Crippen LogP contribution >= 0.6 is 0 Å². The van der Waals surface area contributed by atoms with E-state index in [4.69, 9.17) is 14.6 Å². The van der Waals surface area contributed by atoms with Gasteiger partial charge in [0.25, 0.3) is 5.56 Å². The lowest BCUT2D eigenvalue weighted by Crippen LogP contribution is -2.23. The number of aliphatic carboxylic acids is 1. The van der Waals surface area contributed by atoms with Gasteiger partial charge in [-0.25, -0.2) is 14.8 Å². The lowest BCUT2D eigenvalue weighted by molar-refractivity contribution is -0.139. The smallest absolute Gasteiger partial charge is 0.416 e. The van der Waals surface area contributed by atoms with Gasteiger partial charge in [-0.2, -0.15) is 13.2 Å². The van der Waals surface area contributed by atoms with Crippen LogP contribution in [0.1, 0.15) is 16.8 Å². The number of halogens is 3. The number of aryl methyl sites for hydroxylation is 2. The third-order valence-corrected chi connectivity index (χ3v) is 4.52. The molecule has 33 heavy (non-hydrogen) atoms. The summed E-state index contributed by atoms with van der Waals surface area (Å²) in [5, 5.41) is 11.5. The van der Waals surface area contributed by atoms with Gasteiger partial charge < -0.3 is 19.9 Å². The molecule has 3 rings (SSSR count). The maximum Gasteiger partial charge on any atom is 0.416 e. The molecule has 1 aromatic carbocycles. The molecular weight excluding hydrogens is 445 g/mol. The molecule has 9 nitrogen and oxygen atoms in total. The van der Waals surface area contributed by atoms with E-state index in [-0.39, 0.29) is 28.8 Å². The number of methoxy groups -OCH3 is 1. The molecule has 2 aromatic heterocycles. The molecule has 0 bridgehead atoms. The number of hydrogen-bond acceptors (Lipinski definition) is 7. The topological polar surface area (TPSA) is 116 Å². The first-order valence-electron chi connectivity index (χ1n) is 9.44. The SMILES string of the molecule is COc1cc(C(F)(F)F)ccc1Nc1nccn(-c2cc(C)c(OCC(=O)O)c(C)n2)c1=O. The second-order valence-electron chi connectivity index (χ2n) is 6.88. The van der Waals surface area contributed by atoms with Gasteiger partial charge >= 0.3 is 12.1 Å². The van der Waals surface area contributed by atoms with Crippen molar-refractivity contribution in [3.63, 3.8) is 0 Å². The van der Waals surface area contributed by atoms with Crippen LogP contribution in [-0.4, -0.2) is 39.3 Å². The number of carbonyl (C=O) groups is 1. The molecule has 0 radical (unpaired) electrons. The van der Waals surface area contributed by atoms with Crippen molar-refractivity contribution in [3.05, 3.63) is 63.8 Å². The number of hydrogen-bond donors (Lipinski definition) is 2. The minimum absolute atomic E-state index is 0.116. The van der Waals surface area contributed by atoms with Crippen LogP contribution < -0.4 is 20.3 Å². The summed E-state index contributed by atoms with van der Waals surface area (Å²) in [5.74, 6) is -0.915. The van der Waals surface area contributed by atoms with Gasteiger partial charge in [0.05, 0.1) is 24.1 Å². The van der Waals surface area contributed by atoms with E-state index in [0.717, 1.165) is 18.2 Å². The van der Waals surface area contributed by atoms with Crippen LogP contribution in [0.3, 0.4) is 0 Å². The predicted molar refractivity (Wildman–Crippen MR) is 112 cm³/mol. The number of carboxylic acids is 1. The highest BCUT2D eigenvalue weighted by Crippen LogP contribution is 2.35. The van der Waals surface area contributed by atoms with Gasteiger partial charge in [0.2, 0.25) is 0 Å². The second-order valence-corrected chi connectivity index (χ2v) is 6.88. The van der Waals surface area contributed by atoms with Crippen LogP contribution in [0.2, 0.25) is 0 Å². The number of alkyl halides is 3. The van der Waals surface area contributed by atoms with Crippen LogP contribution in [0.5, 0.6) is 11.5 Å². The number of nitrogens with zero attached hydrogens (tertiary/aromatic N) is 3. The van der Waals surface area contributed by atoms with Crippen molar-refractivity contribution in [2.24, 2.45) is 0 Å². The van der Waals surface area contributed by atoms with Gasteiger partial charge in [0, 0.05) is 12.4 Å². The number of benzene rings is 1. The Labute approximate surface area is 185 Å². The van der Waals surface area contributed by atoms with Gasteiger partial charge in [-0.1, -0.05) is 0 Å². The monoisotopic (exact) mass is 464 g/mol. The van der Waals surface area contributed by atoms with E-state index < -0.39 is 29.9 Å². The number of nitrogens with one attached hydrogen (secondary N) is 1. The van der Waals surface area contributed by atoms with Crippen molar-refractivity contribution in [2.75, 3.05) is 19.0 Å². The second kappa shape index (κ2) is 9.18. The first-order chi connectivity index (χ1) is 15.5. The van der Waals surface area contributed by atoms with Crippen molar-refractivity contribution in [1.82, 2.24) is 14.5 Å². The summed E-state index contributed by atoms with van der Waals surface area (Å²) < 4.78 is 50.3. The average Bonchev–Trinajstić information content (AvgIpc) is 2.73. The highest BCUT2D eigenvalue weighted by Gasteiger charge is 2.31. The lowest BCUT2D eigenvalue weighted by Gasteiger charge is -2.15. The van der Waals surface area contributed by atoms with Gasteiger partial charge in [0.1, 0.15) is 17.3 Å². The number of pyridine rings is 1. The molecule has 2 N–H and O–H groups in total. The molecule has 0 fully saturated rings. The highest BCUT2D eigenvalue weighted by molar-refractivity contribution is 5.68. The molecule has 0 saturated carbocycles. The molecule has 0 unspecified atom stereocenters. The Morgan fingerprint density at radius 2 is 1.97 bits per heavy atom. The van der Waals surface area contributed by atoms with E-state index >= 15 is 0 Å². The zero-order chi connectivity index (χ0) is 24.3. The molecule has 0 saturated heterocycles. The van der Waals surface area contributed by atoms with Gasteiger partial charge in [-0.05, 0) is 43.7 Å². The quantitative estimate of drug-likeness (QED) is 0.546. The van der Waals surface area contributed by atoms with E-state index in [1.807, 2.05) is 0 Å². The Hall–Kier alpha value is -4.09. The minimum Gasteiger partial charge on any atom is -0.495 e. The van der Waals surface area contributed by atoms with E-state index in [1.54, 1.807) is 13.8 Å². The fourth-order valence-electron chi connectivity index (χ4n) is 3.05. The summed E-state index contributed by atoms with van der Waals surface area (Å²) in [6.45, 7) is 2.74. The van der Waals surface area contributed by atoms with Crippen molar-refractivity contribution in [2.45, 2.75) is 20.0 Å². The Morgan fingerprint density at radius 3 is 2.58 bits per heavy atom. The normalized spacial score (nSPS) is 11.2. The summed E-state index contributed by atoms with van der Waals surface area (Å²) in [6, 6.07) is 4.35. The highest BCUT2D eigenvalue weighted by atomic mass is 19.4. The summed E-state index contributed by atoms with van der Waals surface area (Å²) in [5.41, 5.74) is -0.477. The third kappa shape index (κ3) is 5.22. The van der Waals surface area contributed by atoms with Gasteiger partial charge in [-0.15, -0.1) is 0 Å². The molecule has 0 aliphatic rings. The standard InChI is InChI=1S/C21H19F3N4O5/c1-11-8-16(26-12(2)18(11)33-10-17(29)30)28-7-6-25-19(20(28)31)27-14-5-4-13(21(22,23)24)9-15(14)32-3/h4-9H,10H2,1-3H3,(H,25,27)(H,29,30). The molecule has 0 atom stereocenters. The maximum atomic E-state index is 13.0. The van der Waals surface area contributed by atoms with E-state index in [2.05, 4.69) is 15.3 Å². The summed E-state index contributed by atoms with van der Waals surface area (Å²) in [6.07, 6.45) is -1.86. The fourth-order valence-corrected chi connectivity index (χ4v) is 3.05. The Kier molecular flexibility index (Phi) is 6.56. The van der Waals surface area contributed by atoms with Crippen molar-refractivity contribution >= 4 is 17.5 Å². The molecule has 0 spiro atoms. The summed E-state index contributed by atoms with van der Waals surface area (Å²) in [4.78, 5) is 32.0. The molecule has 0 amide bonds. The Balaban J connectivity index is 1.97. The Morgan fingerprint density at radius 1 is 1.24 bits per heavy atom. The zero-order valence-electron chi connectivity index (χ0n) is 17.7. The molecule has 0 aliphatic heterocycles. The number of aromatic nitrogens is 3. The van der Waals surface area contributed by atoms with E-state index in [1.165, 1.54) is 30.1 Å². The van der Waals surface area contributed by atoms with Crippen LogP contribution in [0.25, 0.3) is 5.82 Å². The average molecular weight is 464 g/mol. The maximum absolute atomic E-state index is 13.0. The predicted octanol–water partition coefficient (Wildman–Crippen LogP) is 3.48. The third-order valence-electron chi connectivity index (χ3n) is 4.52. The van der Waals surface area contributed by atoms with Crippen LogP contribution in [0, 0.1) is 13.8 Å². The van der Waals surface area contributed by atoms with Crippen molar-refractivity contribution in [3.8, 4) is 17.3 Å². The minimum atomic E-state index is -4.55. The van der Waals surface area contributed by atoms with E-state index in [9.17, 15) is 22.8 Å². The molecule has 2 heterocycles. The molecule has 0 aliphatic carbocycles. The molecule has 12 heteroatoms.